The zero-order valence-electron chi connectivity index (χ0n) is 18.4. The van der Waals surface area contributed by atoms with E-state index in [-0.39, 0.29) is 23.4 Å². The number of anilines is 1. The summed E-state index contributed by atoms with van der Waals surface area (Å²) >= 11 is 0. The van der Waals surface area contributed by atoms with Gasteiger partial charge in [0.05, 0.1) is 16.6 Å². The lowest BCUT2D eigenvalue weighted by Crippen LogP contribution is -2.42. The van der Waals surface area contributed by atoms with E-state index in [0.717, 1.165) is 36.0 Å². The lowest BCUT2D eigenvalue weighted by atomic mass is 9.88. The van der Waals surface area contributed by atoms with E-state index in [9.17, 15) is 13.2 Å². The van der Waals surface area contributed by atoms with Crippen LogP contribution in [0.2, 0.25) is 0 Å². The highest BCUT2D eigenvalue weighted by atomic mass is 32.2. The predicted octanol–water partition coefficient (Wildman–Crippen LogP) is 4.69. The minimum atomic E-state index is -3.92. The molecule has 1 amide bonds. The van der Waals surface area contributed by atoms with Crippen LogP contribution in [0.25, 0.3) is 0 Å². The molecule has 1 aliphatic carbocycles. The van der Waals surface area contributed by atoms with E-state index < -0.39 is 10.0 Å². The SMILES string of the molecule is Cc1ccc(S(=O)(=O)N(CC(=O)NC2CCCc3ccccc32)c2ccccc2C)cc1. The average molecular weight is 449 g/mol. The highest BCUT2D eigenvalue weighted by molar-refractivity contribution is 7.92. The molecule has 0 fully saturated rings. The fourth-order valence-corrected chi connectivity index (χ4v) is 5.74. The minimum Gasteiger partial charge on any atom is -0.348 e. The second kappa shape index (κ2) is 9.17. The number of para-hydroxylation sites is 1. The van der Waals surface area contributed by atoms with Crippen LogP contribution in [0.15, 0.2) is 77.7 Å². The van der Waals surface area contributed by atoms with Crippen molar-refractivity contribution in [3.8, 4) is 0 Å². The number of hydrogen-bond donors (Lipinski definition) is 1. The first-order chi connectivity index (χ1) is 15.4. The van der Waals surface area contributed by atoms with Crippen LogP contribution in [0.3, 0.4) is 0 Å². The summed E-state index contributed by atoms with van der Waals surface area (Å²) in [6, 6.07) is 22.0. The molecule has 0 saturated carbocycles. The van der Waals surface area contributed by atoms with E-state index in [1.54, 1.807) is 36.4 Å². The molecule has 0 bridgehead atoms. The first kappa shape index (κ1) is 22.1. The molecule has 0 heterocycles. The molecule has 32 heavy (non-hydrogen) atoms. The van der Waals surface area contributed by atoms with Crippen LogP contribution in [0.1, 0.15) is 41.1 Å². The highest BCUT2D eigenvalue weighted by Crippen LogP contribution is 2.30. The van der Waals surface area contributed by atoms with Crippen LogP contribution in [0.4, 0.5) is 5.69 Å². The van der Waals surface area contributed by atoms with Crippen molar-refractivity contribution in [3.05, 3.63) is 95.1 Å². The van der Waals surface area contributed by atoms with E-state index in [0.29, 0.717) is 5.69 Å². The van der Waals surface area contributed by atoms with E-state index in [2.05, 4.69) is 11.4 Å². The topological polar surface area (TPSA) is 66.5 Å². The lowest BCUT2D eigenvalue weighted by molar-refractivity contribution is -0.120. The molecule has 4 rings (SSSR count). The van der Waals surface area contributed by atoms with E-state index in [4.69, 9.17) is 0 Å². The third-order valence-electron chi connectivity index (χ3n) is 5.98. The summed E-state index contributed by atoms with van der Waals surface area (Å²) in [5.74, 6) is -0.314. The molecule has 3 aromatic rings. The largest absolute Gasteiger partial charge is 0.348 e. The smallest absolute Gasteiger partial charge is 0.264 e. The Labute approximate surface area is 190 Å². The Balaban J connectivity index is 1.64. The normalized spacial score (nSPS) is 15.6. The molecule has 0 aliphatic heterocycles. The average Bonchev–Trinajstić information content (AvgIpc) is 2.78. The van der Waals surface area contributed by atoms with Crippen LogP contribution in [0.5, 0.6) is 0 Å². The molecule has 166 valence electrons. The van der Waals surface area contributed by atoms with Gasteiger partial charge in [0.25, 0.3) is 10.0 Å². The maximum absolute atomic E-state index is 13.6. The number of nitrogens with one attached hydrogen (secondary N) is 1. The molecule has 0 spiro atoms. The quantitative estimate of drug-likeness (QED) is 0.595. The predicted molar refractivity (Wildman–Crippen MR) is 127 cm³/mol. The van der Waals surface area contributed by atoms with Crippen molar-refractivity contribution in [1.29, 1.82) is 0 Å². The van der Waals surface area contributed by atoms with Gasteiger partial charge in [0.15, 0.2) is 0 Å². The summed E-state index contributed by atoms with van der Waals surface area (Å²) < 4.78 is 28.4. The molecule has 1 aliphatic rings. The number of carbonyl (C=O) groups excluding carboxylic acids is 1. The zero-order chi connectivity index (χ0) is 22.7. The lowest BCUT2D eigenvalue weighted by Gasteiger charge is -2.29. The molecule has 1 unspecified atom stereocenters. The number of rotatable bonds is 6. The number of carbonyl (C=O) groups is 1. The number of fused-ring (bicyclic) bond motifs is 1. The van der Waals surface area contributed by atoms with Crippen molar-refractivity contribution in [2.75, 3.05) is 10.8 Å². The third kappa shape index (κ3) is 4.55. The molecule has 0 radical (unpaired) electrons. The number of hydrogen-bond acceptors (Lipinski definition) is 3. The summed E-state index contributed by atoms with van der Waals surface area (Å²) in [6.07, 6.45) is 2.84. The van der Waals surface area contributed by atoms with Gasteiger partial charge in [-0.15, -0.1) is 0 Å². The minimum absolute atomic E-state index is 0.103. The van der Waals surface area contributed by atoms with Gasteiger partial charge in [0.2, 0.25) is 5.91 Å². The molecule has 6 heteroatoms. The van der Waals surface area contributed by atoms with Crippen molar-refractivity contribution in [2.45, 2.75) is 44.0 Å². The number of sulfonamides is 1. The van der Waals surface area contributed by atoms with Gasteiger partial charge in [0, 0.05) is 0 Å². The number of nitrogens with zero attached hydrogens (tertiary/aromatic N) is 1. The first-order valence-electron chi connectivity index (χ1n) is 10.9. The molecule has 0 saturated heterocycles. The van der Waals surface area contributed by atoms with Gasteiger partial charge in [-0.1, -0.05) is 60.2 Å². The van der Waals surface area contributed by atoms with Crippen LogP contribution in [0, 0.1) is 13.8 Å². The molecular weight excluding hydrogens is 420 g/mol. The van der Waals surface area contributed by atoms with Gasteiger partial charge in [0.1, 0.15) is 6.54 Å². The molecular formula is C26H28N2O3S. The Morgan fingerprint density at radius 1 is 0.969 bits per heavy atom. The van der Waals surface area contributed by atoms with Gasteiger partial charge in [-0.2, -0.15) is 0 Å². The number of aryl methyl sites for hydroxylation is 3. The molecule has 1 atom stereocenters. The fraction of sp³-hybridized carbons (Fsp3) is 0.269. The Morgan fingerprint density at radius 3 is 2.41 bits per heavy atom. The molecule has 0 aromatic heterocycles. The van der Waals surface area contributed by atoms with E-state index in [1.807, 2.05) is 44.2 Å². The summed E-state index contributed by atoms with van der Waals surface area (Å²) in [7, 11) is -3.92. The summed E-state index contributed by atoms with van der Waals surface area (Å²) in [5, 5.41) is 3.08. The summed E-state index contributed by atoms with van der Waals surface area (Å²) in [6.45, 7) is 3.48. The van der Waals surface area contributed by atoms with Gasteiger partial charge < -0.3 is 5.32 Å². The molecule has 3 aromatic carbocycles. The van der Waals surface area contributed by atoms with Crippen LogP contribution in [-0.4, -0.2) is 20.9 Å². The highest BCUT2D eigenvalue weighted by Gasteiger charge is 2.29. The van der Waals surface area contributed by atoms with E-state index >= 15 is 0 Å². The van der Waals surface area contributed by atoms with Crippen molar-refractivity contribution in [2.24, 2.45) is 0 Å². The summed E-state index contributed by atoms with van der Waals surface area (Å²) in [5.41, 5.74) is 4.63. The number of benzene rings is 3. The Hall–Kier alpha value is -3.12. The maximum Gasteiger partial charge on any atom is 0.264 e. The monoisotopic (exact) mass is 448 g/mol. The van der Waals surface area contributed by atoms with Gasteiger partial charge in [-0.25, -0.2) is 8.42 Å². The second-order valence-electron chi connectivity index (χ2n) is 8.32. The van der Waals surface area contributed by atoms with Crippen LogP contribution in [-0.2, 0) is 21.2 Å². The van der Waals surface area contributed by atoms with Crippen LogP contribution >= 0.6 is 0 Å². The third-order valence-corrected chi connectivity index (χ3v) is 7.76. The zero-order valence-corrected chi connectivity index (χ0v) is 19.2. The van der Waals surface area contributed by atoms with Gasteiger partial charge >= 0.3 is 0 Å². The van der Waals surface area contributed by atoms with Crippen LogP contribution < -0.4 is 9.62 Å². The Kier molecular flexibility index (Phi) is 6.33. The van der Waals surface area contributed by atoms with Crippen molar-refractivity contribution in [1.82, 2.24) is 5.32 Å². The Bertz CT molecular complexity index is 1220. The molecule has 5 nitrogen and oxygen atoms in total. The fourth-order valence-electron chi connectivity index (χ4n) is 4.25. The van der Waals surface area contributed by atoms with E-state index in [1.165, 1.54) is 9.87 Å². The van der Waals surface area contributed by atoms with Crippen molar-refractivity contribution in [3.63, 3.8) is 0 Å². The maximum atomic E-state index is 13.6. The second-order valence-corrected chi connectivity index (χ2v) is 10.2. The van der Waals surface area contributed by atoms with Crippen molar-refractivity contribution >= 4 is 21.6 Å². The first-order valence-corrected chi connectivity index (χ1v) is 12.3. The molecule has 1 N–H and O–H groups in total. The number of amides is 1. The van der Waals surface area contributed by atoms with Gasteiger partial charge in [-0.3, -0.25) is 9.10 Å². The van der Waals surface area contributed by atoms with Gasteiger partial charge in [-0.05, 0) is 68.0 Å². The Morgan fingerprint density at radius 2 is 1.66 bits per heavy atom. The summed E-state index contributed by atoms with van der Waals surface area (Å²) in [4.78, 5) is 13.3. The standard InChI is InChI=1S/C26H28N2O3S/c1-19-14-16-22(17-15-19)32(30,31)28(25-13-6-3-8-20(25)2)18-26(29)27-24-12-7-10-21-9-4-5-11-23(21)24/h3-6,8-9,11,13-17,24H,7,10,12,18H2,1-2H3,(H,27,29). The van der Waals surface area contributed by atoms with Crippen molar-refractivity contribution < 1.29 is 13.2 Å².